The Kier molecular flexibility index (Phi) is 5.80. The highest BCUT2D eigenvalue weighted by Gasteiger charge is 2.37. The van der Waals surface area contributed by atoms with Gasteiger partial charge >= 0.3 is 11.7 Å². The van der Waals surface area contributed by atoms with Crippen LogP contribution < -0.4 is 4.74 Å². The smallest absolute Gasteiger partial charge is 0.335 e. The number of rotatable bonds is 5. The molecule has 0 atom stereocenters. The highest BCUT2D eigenvalue weighted by molar-refractivity contribution is 5.88. The van der Waals surface area contributed by atoms with Crippen molar-refractivity contribution in [2.45, 2.75) is 64.4 Å². The normalized spacial score (nSPS) is 17.8. The van der Waals surface area contributed by atoms with Crippen molar-refractivity contribution in [3.63, 3.8) is 0 Å². The standard InChI is InChI=1S/C18H25NO5/c1-13(2)18(10-6-4-3-5-7-11-18)24-16-12-14(17(20)21)8-9-15(16)19(22)23/h8-9,12-13H,3-7,10-11H2,1-2H3,(H,20,21). The van der Waals surface area contributed by atoms with Crippen LogP contribution in [0.3, 0.4) is 0 Å². The average Bonchev–Trinajstić information content (AvgIpc) is 2.49. The lowest BCUT2D eigenvalue weighted by molar-refractivity contribution is -0.386. The van der Waals surface area contributed by atoms with Crippen molar-refractivity contribution in [3.05, 3.63) is 33.9 Å². The first kappa shape index (κ1) is 18.2. The minimum absolute atomic E-state index is 0.000324. The van der Waals surface area contributed by atoms with Gasteiger partial charge in [-0.3, -0.25) is 10.1 Å². The highest BCUT2D eigenvalue weighted by atomic mass is 16.6. The molecule has 0 spiro atoms. The molecular weight excluding hydrogens is 310 g/mol. The number of nitro groups is 1. The number of benzene rings is 1. The van der Waals surface area contributed by atoms with Crippen LogP contribution in [0, 0.1) is 16.0 Å². The topological polar surface area (TPSA) is 89.7 Å². The number of ether oxygens (including phenoxy) is 1. The highest BCUT2D eigenvalue weighted by Crippen LogP contribution is 2.40. The molecule has 1 N–H and O–H groups in total. The maximum Gasteiger partial charge on any atom is 0.335 e. The first-order chi connectivity index (χ1) is 11.4. The van der Waals surface area contributed by atoms with Gasteiger partial charge in [0.2, 0.25) is 0 Å². The fourth-order valence-corrected chi connectivity index (χ4v) is 3.40. The monoisotopic (exact) mass is 335 g/mol. The molecule has 1 fully saturated rings. The second kappa shape index (κ2) is 7.64. The summed E-state index contributed by atoms with van der Waals surface area (Å²) >= 11 is 0. The van der Waals surface area contributed by atoms with Crippen LogP contribution >= 0.6 is 0 Å². The Labute approximate surface area is 142 Å². The van der Waals surface area contributed by atoms with Crippen LogP contribution in [-0.2, 0) is 0 Å². The van der Waals surface area contributed by atoms with Crippen LogP contribution in [0.25, 0.3) is 0 Å². The van der Waals surface area contributed by atoms with Gasteiger partial charge in [0.05, 0.1) is 10.5 Å². The van der Waals surface area contributed by atoms with Gasteiger partial charge in [0, 0.05) is 12.1 Å². The molecule has 6 nitrogen and oxygen atoms in total. The van der Waals surface area contributed by atoms with E-state index < -0.39 is 16.5 Å². The molecule has 1 saturated carbocycles. The van der Waals surface area contributed by atoms with E-state index in [4.69, 9.17) is 4.74 Å². The molecule has 0 heterocycles. The van der Waals surface area contributed by atoms with E-state index in [0.29, 0.717) is 0 Å². The molecule has 2 rings (SSSR count). The molecule has 0 aromatic heterocycles. The summed E-state index contributed by atoms with van der Waals surface area (Å²) in [5.74, 6) is -0.871. The summed E-state index contributed by atoms with van der Waals surface area (Å²) in [6.45, 7) is 4.13. The Hall–Kier alpha value is -2.11. The fraction of sp³-hybridized carbons (Fsp3) is 0.611. The van der Waals surface area contributed by atoms with Gasteiger partial charge in [-0.2, -0.15) is 0 Å². The van der Waals surface area contributed by atoms with Crippen LogP contribution in [0.15, 0.2) is 18.2 Å². The lowest BCUT2D eigenvalue weighted by Gasteiger charge is -2.39. The number of hydrogen-bond acceptors (Lipinski definition) is 4. The van der Waals surface area contributed by atoms with Crippen LogP contribution in [-0.4, -0.2) is 21.6 Å². The molecule has 0 radical (unpaired) electrons. The van der Waals surface area contributed by atoms with Gasteiger partial charge in [-0.15, -0.1) is 0 Å². The zero-order valence-corrected chi connectivity index (χ0v) is 14.3. The third-order valence-electron chi connectivity index (χ3n) is 4.97. The number of carboxylic acid groups (broad SMARTS) is 1. The quantitative estimate of drug-likeness (QED) is 0.616. The van der Waals surface area contributed by atoms with Crippen LogP contribution in [0.4, 0.5) is 5.69 Å². The summed E-state index contributed by atoms with van der Waals surface area (Å²) in [4.78, 5) is 22.0. The predicted octanol–water partition coefficient (Wildman–Crippen LogP) is 4.81. The first-order valence-corrected chi connectivity index (χ1v) is 8.56. The van der Waals surface area contributed by atoms with Gasteiger partial charge in [-0.05, 0) is 37.7 Å². The van der Waals surface area contributed by atoms with Crippen LogP contribution in [0.5, 0.6) is 5.75 Å². The summed E-state index contributed by atoms with van der Waals surface area (Å²) < 4.78 is 6.22. The maximum atomic E-state index is 11.3. The van der Waals surface area contributed by atoms with Crippen molar-refractivity contribution >= 4 is 11.7 Å². The van der Waals surface area contributed by atoms with Crippen molar-refractivity contribution in [1.29, 1.82) is 0 Å². The maximum absolute atomic E-state index is 11.3. The Bertz CT molecular complexity index is 603. The van der Waals surface area contributed by atoms with Crippen molar-refractivity contribution < 1.29 is 19.6 Å². The Balaban J connectivity index is 2.41. The Morgan fingerprint density at radius 2 is 1.79 bits per heavy atom. The summed E-state index contributed by atoms with van der Waals surface area (Å²) in [6.07, 6.45) is 7.18. The predicted molar refractivity (Wildman–Crippen MR) is 90.6 cm³/mol. The number of carbonyl (C=O) groups is 1. The van der Waals surface area contributed by atoms with Crippen LogP contribution in [0.2, 0.25) is 0 Å². The molecular formula is C18H25NO5. The second-order valence-corrected chi connectivity index (χ2v) is 6.83. The molecule has 0 saturated heterocycles. The van der Waals surface area contributed by atoms with E-state index >= 15 is 0 Å². The molecule has 1 aromatic carbocycles. The van der Waals surface area contributed by atoms with E-state index in [1.54, 1.807) is 0 Å². The average molecular weight is 335 g/mol. The summed E-state index contributed by atoms with van der Waals surface area (Å²) in [6, 6.07) is 3.74. The molecule has 24 heavy (non-hydrogen) atoms. The van der Waals surface area contributed by atoms with Crippen molar-refractivity contribution in [1.82, 2.24) is 0 Å². The van der Waals surface area contributed by atoms with Crippen molar-refractivity contribution in [2.24, 2.45) is 5.92 Å². The van der Waals surface area contributed by atoms with E-state index in [2.05, 4.69) is 13.8 Å². The Morgan fingerprint density at radius 3 is 2.29 bits per heavy atom. The Morgan fingerprint density at radius 1 is 1.21 bits per heavy atom. The van der Waals surface area contributed by atoms with Gasteiger partial charge in [-0.1, -0.05) is 33.1 Å². The molecule has 0 amide bonds. The summed E-state index contributed by atoms with van der Waals surface area (Å²) in [5, 5.41) is 20.5. The largest absolute Gasteiger partial charge is 0.480 e. The van der Waals surface area contributed by atoms with Gasteiger partial charge < -0.3 is 9.84 Å². The van der Waals surface area contributed by atoms with E-state index in [0.717, 1.165) is 38.5 Å². The minimum Gasteiger partial charge on any atom is -0.480 e. The van der Waals surface area contributed by atoms with E-state index in [1.165, 1.54) is 24.6 Å². The number of hydrogen-bond donors (Lipinski definition) is 1. The third-order valence-corrected chi connectivity index (χ3v) is 4.97. The molecule has 0 bridgehead atoms. The van der Waals surface area contributed by atoms with E-state index in [-0.39, 0.29) is 22.9 Å². The van der Waals surface area contributed by atoms with Gasteiger partial charge in [0.15, 0.2) is 5.75 Å². The van der Waals surface area contributed by atoms with E-state index in [1.807, 2.05) is 0 Å². The zero-order valence-electron chi connectivity index (χ0n) is 14.3. The third kappa shape index (κ3) is 4.04. The minimum atomic E-state index is -1.12. The van der Waals surface area contributed by atoms with Gasteiger partial charge in [-0.25, -0.2) is 4.79 Å². The molecule has 0 aliphatic heterocycles. The number of nitrogens with zero attached hydrogens (tertiary/aromatic N) is 1. The number of carboxylic acids is 1. The number of aromatic carboxylic acids is 1. The summed E-state index contributed by atoms with van der Waals surface area (Å²) in [5.41, 5.74) is -0.662. The zero-order chi connectivity index (χ0) is 17.7. The fourth-order valence-electron chi connectivity index (χ4n) is 3.40. The lowest BCUT2D eigenvalue weighted by atomic mass is 9.79. The van der Waals surface area contributed by atoms with Crippen LogP contribution in [0.1, 0.15) is 69.2 Å². The SMILES string of the molecule is CC(C)C1(Oc2cc(C(=O)O)ccc2[N+](=O)[O-])CCCCCCC1. The van der Waals surface area contributed by atoms with Crippen molar-refractivity contribution in [2.75, 3.05) is 0 Å². The first-order valence-electron chi connectivity index (χ1n) is 8.56. The van der Waals surface area contributed by atoms with Gasteiger partial charge in [0.1, 0.15) is 5.60 Å². The van der Waals surface area contributed by atoms with Gasteiger partial charge in [0.25, 0.3) is 0 Å². The van der Waals surface area contributed by atoms with E-state index in [9.17, 15) is 20.0 Å². The molecule has 0 unspecified atom stereocenters. The lowest BCUT2D eigenvalue weighted by Crippen LogP contribution is -2.42. The second-order valence-electron chi connectivity index (χ2n) is 6.83. The molecule has 6 heteroatoms. The summed E-state index contributed by atoms with van der Waals surface area (Å²) in [7, 11) is 0. The molecule has 1 aliphatic rings. The molecule has 1 aromatic rings. The molecule has 1 aliphatic carbocycles. The van der Waals surface area contributed by atoms with Crippen molar-refractivity contribution in [3.8, 4) is 5.75 Å². The molecule has 132 valence electrons. The number of nitro benzene ring substituents is 1.